The number of nitrogens with zero attached hydrogens (tertiary/aromatic N) is 2. The zero-order valence-corrected chi connectivity index (χ0v) is 16.4. The highest BCUT2D eigenvalue weighted by Crippen LogP contribution is 2.31. The first-order chi connectivity index (χ1) is 15.1. The van der Waals surface area contributed by atoms with Crippen LogP contribution in [0.5, 0.6) is 0 Å². The number of nitrogens with one attached hydrogen (secondary N) is 3. The Morgan fingerprint density at radius 1 is 1.00 bits per heavy atom. The molecule has 0 bridgehead atoms. The minimum absolute atomic E-state index is 0.0105. The van der Waals surface area contributed by atoms with E-state index in [-0.39, 0.29) is 23.2 Å². The van der Waals surface area contributed by atoms with Crippen molar-refractivity contribution in [3.8, 4) is 11.1 Å². The van der Waals surface area contributed by atoms with E-state index in [0.29, 0.717) is 16.6 Å². The number of carbonyl (C=O) groups is 2. The standard InChI is InChI=1S/C23H18FN5O2/c24-18-3-1-2-4-20(18)27-23(31)21-17-10-14(7-8-19(17)28-29-21)15-9-16(12-25-11-15)26-22(30)13-5-6-13/h1-4,7-13H,5-6H2,(H,26,30)(H,27,31)(H,28,29). The quantitative estimate of drug-likeness (QED) is 0.451. The number of H-pyrrole nitrogens is 1. The summed E-state index contributed by atoms with van der Waals surface area (Å²) in [5, 5.41) is 13.0. The number of hydrogen-bond donors (Lipinski definition) is 3. The Morgan fingerprint density at radius 3 is 2.65 bits per heavy atom. The summed E-state index contributed by atoms with van der Waals surface area (Å²) in [5.74, 6) is -0.928. The van der Waals surface area contributed by atoms with E-state index in [1.165, 1.54) is 12.1 Å². The fourth-order valence-electron chi connectivity index (χ4n) is 3.37. The molecule has 8 heteroatoms. The number of carbonyl (C=O) groups excluding carboxylic acids is 2. The highest BCUT2D eigenvalue weighted by Gasteiger charge is 2.29. The summed E-state index contributed by atoms with van der Waals surface area (Å²) in [7, 11) is 0. The van der Waals surface area contributed by atoms with Gasteiger partial charge in [0.25, 0.3) is 5.91 Å². The summed E-state index contributed by atoms with van der Waals surface area (Å²) in [6.07, 6.45) is 5.14. The highest BCUT2D eigenvalue weighted by atomic mass is 19.1. The molecular weight excluding hydrogens is 397 g/mol. The Hall–Kier alpha value is -4.07. The summed E-state index contributed by atoms with van der Waals surface area (Å²) in [6, 6.07) is 13.3. The molecule has 5 rings (SSSR count). The van der Waals surface area contributed by atoms with Crippen LogP contribution in [-0.2, 0) is 4.79 Å². The third-order valence-electron chi connectivity index (χ3n) is 5.19. The van der Waals surface area contributed by atoms with Crippen molar-refractivity contribution in [2.24, 2.45) is 5.92 Å². The molecule has 4 aromatic rings. The monoisotopic (exact) mass is 415 g/mol. The van der Waals surface area contributed by atoms with Gasteiger partial charge in [-0.15, -0.1) is 0 Å². The maximum Gasteiger partial charge on any atom is 0.276 e. The van der Waals surface area contributed by atoms with Crippen molar-refractivity contribution in [2.75, 3.05) is 10.6 Å². The van der Waals surface area contributed by atoms with E-state index in [1.807, 2.05) is 24.3 Å². The molecule has 2 heterocycles. The van der Waals surface area contributed by atoms with Crippen LogP contribution in [0.4, 0.5) is 15.8 Å². The first-order valence-corrected chi connectivity index (χ1v) is 9.89. The number of para-hydroxylation sites is 1. The lowest BCUT2D eigenvalue weighted by Gasteiger charge is -2.07. The van der Waals surface area contributed by atoms with Gasteiger partial charge in [-0.25, -0.2) is 4.39 Å². The van der Waals surface area contributed by atoms with Crippen molar-refractivity contribution < 1.29 is 14.0 Å². The SMILES string of the molecule is O=C(Nc1ccccc1F)c1n[nH]c2ccc(-c3cncc(NC(=O)C4CC4)c3)cc12. The minimum atomic E-state index is -0.521. The van der Waals surface area contributed by atoms with Gasteiger partial charge in [0, 0.05) is 23.1 Å². The molecule has 0 atom stereocenters. The highest BCUT2D eigenvalue weighted by molar-refractivity contribution is 6.11. The maximum absolute atomic E-state index is 13.9. The number of fused-ring (bicyclic) bond motifs is 1. The van der Waals surface area contributed by atoms with E-state index in [4.69, 9.17) is 0 Å². The first kappa shape index (κ1) is 18.9. The predicted octanol–water partition coefficient (Wildman–Crippen LogP) is 4.36. The second kappa shape index (κ2) is 7.64. The third kappa shape index (κ3) is 3.87. The van der Waals surface area contributed by atoms with Crippen LogP contribution >= 0.6 is 0 Å². The summed E-state index contributed by atoms with van der Waals surface area (Å²) in [5.41, 5.74) is 3.14. The predicted molar refractivity (Wildman–Crippen MR) is 115 cm³/mol. The van der Waals surface area contributed by atoms with Crippen molar-refractivity contribution in [3.63, 3.8) is 0 Å². The molecule has 1 aliphatic rings. The second-order valence-corrected chi connectivity index (χ2v) is 7.49. The zero-order chi connectivity index (χ0) is 21.4. The number of pyridine rings is 1. The number of amides is 2. The van der Waals surface area contributed by atoms with Crippen molar-refractivity contribution in [3.05, 3.63) is 72.4 Å². The van der Waals surface area contributed by atoms with E-state index in [1.54, 1.807) is 24.5 Å². The summed E-state index contributed by atoms with van der Waals surface area (Å²) < 4.78 is 13.9. The van der Waals surface area contributed by atoms with E-state index in [0.717, 1.165) is 24.0 Å². The molecule has 1 aliphatic carbocycles. The zero-order valence-electron chi connectivity index (χ0n) is 16.4. The molecule has 1 saturated carbocycles. The van der Waals surface area contributed by atoms with Crippen molar-refractivity contribution in [1.29, 1.82) is 0 Å². The molecule has 2 aromatic carbocycles. The lowest BCUT2D eigenvalue weighted by Crippen LogP contribution is -2.13. The molecular formula is C23H18FN5O2. The van der Waals surface area contributed by atoms with Gasteiger partial charge in [0.15, 0.2) is 5.69 Å². The third-order valence-corrected chi connectivity index (χ3v) is 5.19. The second-order valence-electron chi connectivity index (χ2n) is 7.49. The number of halogens is 1. The van der Waals surface area contributed by atoms with Crippen LogP contribution < -0.4 is 10.6 Å². The summed E-state index contributed by atoms with van der Waals surface area (Å²) in [6.45, 7) is 0. The van der Waals surface area contributed by atoms with Gasteiger partial charge in [0.1, 0.15) is 5.82 Å². The van der Waals surface area contributed by atoms with Crippen LogP contribution in [0.15, 0.2) is 60.9 Å². The van der Waals surface area contributed by atoms with E-state index < -0.39 is 11.7 Å². The molecule has 0 spiro atoms. The van der Waals surface area contributed by atoms with Gasteiger partial charge in [-0.2, -0.15) is 5.10 Å². The smallest absolute Gasteiger partial charge is 0.276 e. The van der Waals surface area contributed by atoms with Crippen LogP contribution in [0.2, 0.25) is 0 Å². The van der Waals surface area contributed by atoms with Gasteiger partial charge in [-0.3, -0.25) is 19.7 Å². The Labute approximate surface area is 176 Å². The maximum atomic E-state index is 13.9. The lowest BCUT2D eigenvalue weighted by molar-refractivity contribution is -0.117. The van der Waals surface area contributed by atoms with Crippen LogP contribution in [0.25, 0.3) is 22.0 Å². The number of aromatic amines is 1. The first-order valence-electron chi connectivity index (χ1n) is 9.89. The minimum Gasteiger partial charge on any atom is -0.324 e. The molecule has 0 saturated heterocycles. The number of rotatable bonds is 5. The van der Waals surface area contributed by atoms with E-state index in [2.05, 4.69) is 25.8 Å². The molecule has 3 N–H and O–H groups in total. The van der Waals surface area contributed by atoms with Crippen molar-refractivity contribution >= 4 is 34.1 Å². The normalized spacial score (nSPS) is 13.2. The van der Waals surface area contributed by atoms with Crippen molar-refractivity contribution in [1.82, 2.24) is 15.2 Å². The van der Waals surface area contributed by atoms with Gasteiger partial charge in [0.05, 0.1) is 23.1 Å². The molecule has 0 aliphatic heterocycles. The van der Waals surface area contributed by atoms with Gasteiger partial charge in [-0.05, 0) is 48.7 Å². The molecule has 7 nitrogen and oxygen atoms in total. The topological polar surface area (TPSA) is 99.8 Å². The molecule has 154 valence electrons. The lowest BCUT2D eigenvalue weighted by atomic mass is 10.0. The van der Waals surface area contributed by atoms with Gasteiger partial charge >= 0.3 is 0 Å². The fourth-order valence-corrected chi connectivity index (χ4v) is 3.37. The Morgan fingerprint density at radius 2 is 1.84 bits per heavy atom. The number of aromatic nitrogens is 3. The van der Waals surface area contributed by atoms with Crippen LogP contribution in [0.3, 0.4) is 0 Å². The fraction of sp³-hybridized carbons (Fsp3) is 0.130. The number of hydrogen-bond acceptors (Lipinski definition) is 4. The Bertz CT molecular complexity index is 1310. The van der Waals surface area contributed by atoms with Crippen LogP contribution in [-0.4, -0.2) is 27.0 Å². The van der Waals surface area contributed by atoms with Crippen LogP contribution in [0, 0.1) is 11.7 Å². The van der Waals surface area contributed by atoms with Gasteiger partial charge in [-0.1, -0.05) is 18.2 Å². The molecule has 2 amide bonds. The molecule has 0 radical (unpaired) electrons. The average Bonchev–Trinajstić information content (AvgIpc) is 3.54. The van der Waals surface area contributed by atoms with Gasteiger partial charge in [0.2, 0.25) is 5.91 Å². The summed E-state index contributed by atoms with van der Waals surface area (Å²) in [4.78, 5) is 29.0. The van der Waals surface area contributed by atoms with Crippen LogP contribution in [0.1, 0.15) is 23.3 Å². The Kier molecular flexibility index (Phi) is 4.66. The van der Waals surface area contributed by atoms with Crippen molar-refractivity contribution in [2.45, 2.75) is 12.8 Å². The number of anilines is 2. The molecule has 1 fully saturated rings. The Balaban J connectivity index is 1.44. The largest absolute Gasteiger partial charge is 0.324 e. The molecule has 0 unspecified atom stereocenters. The van der Waals surface area contributed by atoms with Gasteiger partial charge < -0.3 is 10.6 Å². The summed E-state index contributed by atoms with van der Waals surface area (Å²) >= 11 is 0. The molecule has 2 aromatic heterocycles. The van der Waals surface area contributed by atoms with E-state index >= 15 is 0 Å². The molecule has 31 heavy (non-hydrogen) atoms. The number of benzene rings is 2. The van der Waals surface area contributed by atoms with E-state index in [9.17, 15) is 14.0 Å². The average molecular weight is 415 g/mol.